The van der Waals surface area contributed by atoms with E-state index in [9.17, 15) is 9.59 Å². The third-order valence-electron chi connectivity index (χ3n) is 3.73. The molecule has 0 spiro atoms. The van der Waals surface area contributed by atoms with Crippen molar-refractivity contribution in [2.24, 2.45) is 0 Å². The maximum Gasteiger partial charge on any atom is 0.315 e. The predicted molar refractivity (Wildman–Crippen MR) is 77.6 cm³/mol. The van der Waals surface area contributed by atoms with E-state index in [4.69, 9.17) is 4.42 Å². The highest BCUT2D eigenvalue weighted by Gasteiger charge is 2.30. The van der Waals surface area contributed by atoms with Crippen LogP contribution in [0.25, 0.3) is 11.0 Å². The number of urea groups is 1. The average Bonchev–Trinajstić information content (AvgIpc) is 3.04. The number of hydrogen-bond donors (Lipinski definition) is 2. The maximum atomic E-state index is 11.9. The fraction of sp³-hybridized carbons (Fsp3) is 0.333. The second-order valence-corrected chi connectivity index (χ2v) is 5.19. The second-order valence-electron chi connectivity index (χ2n) is 5.19. The Labute approximate surface area is 122 Å². The lowest BCUT2D eigenvalue weighted by Crippen LogP contribution is -2.45. The van der Waals surface area contributed by atoms with Crippen LogP contribution in [0.4, 0.5) is 4.79 Å². The predicted octanol–water partition coefficient (Wildman–Crippen LogP) is 1.46. The first-order chi connectivity index (χ1) is 10.1. The summed E-state index contributed by atoms with van der Waals surface area (Å²) in [5, 5.41) is 6.44. The van der Waals surface area contributed by atoms with E-state index in [0.29, 0.717) is 19.5 Å². The van der Waals surface area contributed by atoms with E-state index in [1.807, 2.05) is 24.3 Å². The van der Waals surface area contributed by atoms with E-state index in [-0.39, 0.29) is 11.9 Å². The van der Waals surface area contributed by atoms with Crippen LogP contribution in [-0.2, 0) is 11.3 Å². The van der Waals surface area contributed by atoms with Crippen molar-refractivity contribution in [3.63, 3.8) is 0 Å². The SMILES string of the molecule is CN1CC[C@H](NC(=O)NCc2coc3ccccc23)C1=O. The van der Waals surface area contributed by atoms with Gasteiger partial charge in [0.25, 0.3) is 0 Å². The van der Waals surface area contributed by atoms with Gasteiger partial charge in [0.05, 0.1) is 6.26 Å². The summed E-state index contributed by atoms with van der Waals surface area (Å²) in [4.78, 5) is 25.2. The molecule has 3 amide bonds. The first kappa shape index (κ1) is 13.5. The van der Waals surface area contributed by atoms with Crippen molar-refractivity contribution < 1.29 is 14.0 Å². The Hall–Kier alpha value is -2.50. The van der Waals surface area contributed by atoms with Crippen LogP contribution >= 0.6 is 0 Å². The summed E-state index contributed by atoms with van der Waals surface area (Å²) in [7, 11) is 1.74. The van der Waals surface area contributed by atoms with Gasteiger partial charge in [0.15, 0.2) is 0 Å². The minimum absolute atomic E-state index is 0.0427. The first-order valence-electron chi connectivity index (χ1n) is 6.89. The molecule has 2 aromatic rings. The highest BCUT2D eigenvalue weighted by Crippen LogP contribution is 2.20. The van der Waals surface area contributed by atoms with Crippen molar-refractivity contribution >= 4 is 22.9 Å². The van der Waals surface area contributed by atoms with Gasteiger partial charge >= 0.3 is 6.03 Å². The molecule has 2 N–H and O–H groups in total. The van der Waals surface area contributed by atoms with E-state index < -0.39 is 6.04 Å². The molecule has 1 aliphatic rings. The minimum atomic E-state index is -0.420. The van der Waals surface area contributed by atoms with Crippen LogP contribution in [0.5, 0.6) is 0 Å². The number of nitrogens with zero attached hydrogens (tertiary/aromatic N) is 1. The zero-order chi connectivity index (χ0) is 14.8. The number of para-hydroxylation sites is 1. The molecule has 0 unspecified atom stereocenters. The number of fused-ring (bicyclic) bond motifs is 1. The topological polar surface area (TPSA) is 74.6 Å². The van der Waals surface area contributed by atoms with Crippen LogP contribution in [0.1, 0.15) is 12.0 Å². The van der Waals surface area contributed by atoms with Gasteiger partial charge in [-0.15, -0.1) is 0 Å². The van der Waals surface area contributed by atoms with E-state index in [0.717, 1.165) is 16.5 Å². The van der Waals surface area contributed by atoms with Crippen LogP contribution in [0, 0.1) is 0 Å². The van der Waals surface area contributed by atoms with Gasteiger partial charge < -0.3 is 20.0 Å². The molecule has 1 aromatic carbocycles. The second kappa shape index (κ2) is 5.47. The van der Waals surface area contributed by atoms with Crippen LogP contribution in [0.3, 0.4) is 0 Å². The Morgan fingerprint density at radius 3 is 3.00 bits per heavy atom. The van der Waals surface area contributed by atoms with Crippen LogP contribution in [-0.4, -0.2) is 36.5 Å². The lowest BCUT2D eigenvalue weighted by atomic mass is 10.2. The van der Waals surface area contributed by atoms with Crippen molar-refractivity contribution in [3.05, 3.63) is 36.1 Å². The monoisotopic (exact) mass is 287 g/mol. The number of likely N-dealkylation sites (tertiary alicyclic amines) is 1. The molecule has 2 heterocycles. The van der Waals surface area contributed by atoms with Crippen molar-refractivity contribution in [1.82, 2.24) is 15.5 Å². The minimum Gasteiger partial charge on any atom is -0.464 e. The number of amides is 3. The van der Waals surface area contributed by atoms with E-state index in [1.54, 1.807) is 18.2 Å². The third-order valence-corrected chi connectivity index (χ3v) is 3.73. The summed E-state index contributed by atoms with van der Waals surface area (Å²) in [6, 6.07) is 6.90. The highest BCUT2D eigenvalue weighted by molar-refractivity contribution is 5.88. The fourth-order valence-electron chi connectivity index (χ4n) is 2.51. The number of furan rings is 1. The number of carbonyl (C=O) groups is 2. The number of nitrogens with one attached hydrogen (secondary N) is 2. The number of likely N-dealkylation sites (N-methyl/N-ethyl adjacent to an activating group) is 1. The summed E-state index contributed by atoms with van der Waals surface area (Å²) in [5.41, 5.74) is 1.71. The van der Waals surface area contributed by atoms with Gasteiger partial charge in [-0.3, -0.25) is 4.79 Å². The average molecular weight is 287 g/mol. The zero-order valence-electron chi connectivity index (χ0n) is 11.8. The molecule has 110 valence electrons. The van der Waals surface area contributed by atoms with Gasteiger partial charge in [0, 0.05) is 31.1 Å². The molecule has 1 aromatic heterocycles. The van der Waals surface area contributed by atoms with E-state index in [2.05, 4.69) is 10.6 Å². The van der Waals surface area contributed by atoms with Gasteiger partial charge in [-0.25, -0.2) is 4.79 Å². The molecule has 0 radical (unpaired) electrons. The summed E-state index contributed by atoms with van der Waals surface area (Å²) < 4.78 is 5.41. The first-order valence-corrected chi connectivity index (χ1v) is 6.89. The normalized spacial score (nSPS) is 18.2. The van der Waals surface area contributed by atoms with Gasteiger partial charge in [0.1, 0.15) is 11.6 Å². The number of carbonyl (C=O) groups excluding carboxylic acids is 2. The largest absolute Gasteiger partial charge is 0.464 e. The molecular weight excluding hydrogens is 270 g/mol. The van der Waals surface area contributed by atoms with Crippen molar-refractivity contribution in [1.29, 1.82) is 0 Å². The van der Waals surface area contributed by atoms with Crippen molar-refractivity contribution in [2.75, 3.05) is 13.6 Å². The summed E-state index contributed by atoms with van der Waals surface area (Å²) >= 11 is 0. The van der Waals surface area contributed by atoms with E-state index >= 15 is 0 Å². The lowest BCUT2D eigenvalue weighted by Gasteiger charge is -2.12. The fourth-order valence-corrected chi connectivity index (χ4v) is 2.51. The number of hydrogen-bond acceptors (Lipinski definition) is 3. The number of rotatable bonds is 3. The van der Waals surface area contributed by atoms with Gasteiger partial charge in [0.2, 0.25) is 5.91 Å². The quantitative estimate of drug-likeness (QED) is 0.897. The summed E-state index contributed by atoms with van der Waals surface area (Å²) in [6.45, 7) is 1.04. The molecular formula is C15H17N3O3. The standard InChI is InChI=1S/C15H17N3O3/c1-18-7-6-12(14(18)19)17-15(20)16-8-10-9-21-13-5-3-2-4-11(10)13/h2-5,9,12H,6-8H2,1H3,(H2,16,17,20)/t12-/m0/s1. The Morgan fingerprint density at radius 2 is 2.24 bits per heavy atom. The Kier molecular flexibility index (Phi) is 3.51. The summed E-state index contributed by atoms with van der Waals surface area (Å²) in [6.07, 6.45) is 2.29. The van der Waals surface area contributed by atoms with Crippen molar-refractivity contribution in [2.45, 2.75) is 19.0 Å². The molecule has 1 atom stereocenters. The maximum absolute atomic E-state index is 11.9. The third kappa shape index (κ3) is 2.69. The molecule has 1 saturated heterocycles. The lowest BCUT2D eigenvalue weighted by molar-refractivity contribution is -0.128. The molecule has 0 bridgehead atoms. The molecule has 1 aliphatic heterocycles. The molecule has 0 aliphatic carbocycles. The van der Waals surface area contributed by atoms with Crippen LogP contribution < -0.4 is 10.6 Å². The summed E-state index contributed by atoms with van der Waals surface area (Å²) in [5.74, 6) is -0.0427. The Bertz CT molecular complexity index is 680. The van der Waals surface area contributed by atoms with Crippen molar-refractivity contribution in [3.8, 4) is 0 Å². The molecule has 6 nitrogen and oxygen atoms in total. The molecule has 6 heteroatoms. The Balaban J connectivity index is 1.58. The molecule has 0 saturated carbocycles. The van der Waals surface area contributed by atoms with Gasteiger partial charge in [-0.2, -0.15) is 0 Å². The zero-order valence-corrected chi connectivity index (χ0v) is 11.8. The van der Waals surface area contributed by atoms with E-state index in [1.165, 1.54) is 0 Å². The number of benzene rings is 1. The molecule has 1 fully saturated rings. The molecule has 3 rings (SSSR count). The smallest absolute Gasteiger partial charge is 0.315 e. The van der Waals surface area contributed by atoms with Gasteiger partial charge in [-0.1, -0.05) is 18.2 Å². The van der Waals surface area contributed by atoms with Crippen LogP contribution in [0.15, 0.2) is 34.9 Å². The highest BCUT2D eigenvalue weighted by atomic mass is 16.3. The molecule has 21 heavy (non-hydrogen) atoms. The Morgan fingerprint density at radius 1 is 1.43 bits per heavy atom. The van der Waals surface area contributed by atoms with Gasteiger partial charge in [-0.05, 0) is 12.5 Å². The van der Waals surface area contributed by atoms with Crippen LogP contribution in [0.2, 0.25) is 0 Å².